The Morgan fingerprint density at radius 1 is 1.17 bits per heavy atom. The fraction of sp³-hybridized carbons (Fsp3) is 0. The van der Waals surface area contributed by atoms with Crippen molar-refractivity contribution < 1.29 is 4.42 Å². The summed E-state index contributed by atoms with van der Waals surface area (Å²) in [5.41, 5.74) is 0.346. The summed E-state index contributed by atoms with van der Waals surface area (Å²) in [5, 5.41) is 0.984. The summed E-state index contributed by atoms with van der Waals surface area (Å²) in [6.07, 6.45) is 0. The van der Waals surface area contributed by atoms with Gasteiger partial charge in [0.25, 0.3) is 0 Å². The highest BCUT2D eigenvalue weighted by Gasteiger charge is 1.98. The Kier molecular flexibility index (Phi) is 1.88. The highest BCUT2D eigenvalue weighted by atomic mass is 127. The molecule has 2 nitrogen and oxygen atoms in total. The molecule has 0 atom stereocenters. The van der Waals surface area contributed by atoms with Crippen LogP contribution in [0, 0.1) is 3.57 Å². The van der Waals surface area contributed by atoms with E-state index in [1.54, 1.807) is 12.1 Å². The third-order valence-corrected chi connectivity index (χ3v) is 2.55. The van der Waals surface area contributed by atoms with Gasteiger partial charge in [0.05, 0.1) is 0 Å². The maximum Gasteiger partial charge on any atom is 0.336 e. The lowest BCUT2D eigenvalue weighted by Gasteiger charge is -1.96. The SMILES string of the molecule is O=c1ccc2c(I)cccc2o1. The number of hydrogen-bond donors (Lipinski definition) is 0. The summed E-state index contributed by atoms with van der Waals surface area (Å²) >= 11 is 2.21. The Morgan fingerprint density at radius 3 is 2.83 bits per heavy atom. The molecule has 0 saturated heterocycles. The molecule has 0 radical (unpaired) electrons. The molecule has 0 spiro atoms. The Balaban J connectivity index is 2.96. The van der Waals surface area contributed by atoms with Gasteiger partial charge < -0.3 is 4.42 Å². The topological polar surface area (TPSA) is 30.2 Å². The van der Waals surface area contributed by atoms with Crippen molar-refractivity contribution in [2.75, 3.05) is 0 Å². The van der Waals surface area contributed by atoms with Gasteiger partial charge in [0.15, 0.2) is 0 Å². The van der Waals surface area contributed by atoms with Gasteiger partial charge in [-0.1, -0.05) is 6.07 Å². The first-order valence-corrected chi connectivity index (χ1v) is 4.53. The lowest BCUT2D eigenvalue weighted by molar-refractivity contribution is 0.561. The van der Waals surface area contributed by atoms with Crippen LogP contribution in [0.3, 0.4) is 0 Å². The number of rotatable bonds is 0. The zero-order chi connectivity index (χ0) is 8.55. The van der Waals surface area contributed by atoms with E-state index >= 15 is 0 Å². The highest BCUT2D eigenvalue weighted by molar-refractivity contribution is 14.1. The van der Waals surface area contributed by atoms with Gasteiger partial charge in [-0.15, -0.1) is 0 Å². The van der Waals surface area contributed by atoms with Crippen LogP contribution < -0.4 is 5.63 Å². The molecular weight excluding hydrogens is 267 g/mol. The van der Waals surface area contributed by atoms with Crippen molar-refractivity contribution in [2.24, 2.45) is 0 Å². The molecule has 0 amide bonds. The van der Waals surface area contributed by atoms with Crippen molar-refractivity contribution in [2.45, 2.75) is 0 Å². The Hall–Kier alpha value is -0.840. The molecule has 60 valence electrons. The minimum absolute atomic E-state index is 0.301. The van der Waals surface area contributed by atoms with Gasteiger partial charge in [0.2, 0.25) is 0 Å². The average molecular weight is 272 g/mol. The number of benzene rings is 1. The normalized spacial score (nSPS) is 10.4. The molecule has 0 aliphatic carbocycles. The van der Waals surface area contributed by atoms with Crippen LogP contribution in [0.1, 0.15) is 0 Å². The van der Waals surface area contributed by atoms with Crippen molar-refractivity contribution in [3.05, 3.63) is 44.3 Å². The van der Waals surface area contributed by atoms with E-state index in [1.807, 2.05) is 12.1 Å². The van der Waals surface area contributed by atoms with E-state index < -0.39 is 0 Å². The highest BCUT2D eigenvalue weighted by Crippen LogP contribution is 2.17. The fourth-order valence-corrected chi connectivity index (χ4v) is 1.71. The van der Waals surface area contributed by atoms with Gasteiger partial charge in [0, 0.05) is 15.0 Å². The molecule has 1 aromatic heterocycles. The maximum atomic E-state index is 10.8. The van der Waals surface area contributed by atoms with Crippen LogP contribution in [0.5, 0.6) is 0 Å². The van der Waals surface area contributed by atoms with Gasteiger partial charge in [0.1, 0.15) is 5.58 Å². The lowest BCUT2D eigenvalue weighted by atomic mass is 10.2. The molecule has 1 aromatic carbocycles. The van der Waals surface area contributed by atoms with E-state index in [1.165, 1.54) is 6.07 Å². The van der Waals surface area contributed by atoms with E-state index in [0.717, 1.165) is 8.96 Å². The van der Waals surface area contributed by atoms with Crippen LogP contribution in [-0.2, 0) is 0 Å². The molecule has 0 aliphatic rings. The standard InChI is InChI=1S/C9H5IO2/c10-7-2-1-3-8-6(7)4-5-9(11)12-8/h1-5H. The second-order valence-corrected chi connectivity index (χ2v) is 3.57. The second kappa shape index (κ2) is 2.90. The van der Waals surface area contributed by atoms with E-state index in [2.05, 4.69) is 22.6 Å². The van der Waals surface area contributed by atoms with E-state index in [9.17, 15) is 4.79 Å². The smallest absolute Gasteiger partial charge is 0.336 e. The molecule has 0 N–H and O–H groups in total. The second-order valence-electron chi connectivity index (χ2n) is 2.41. The quantitative estimate of drug-likeness (QED) is 0.544. The number of hydrogen-bond acceptors (Lipinski definition) is 2. The summed E-state index contributed by atoms with van der Waals surface area (Å²) in [4.78, 5) is 10.8. The Morgan fingerprint density at radius 2 is 2.00 bits per heavy atom. The van der Waals surface area contributed by atoms with Crippen LogP contribution in [0.4, 0.5) is 0 Å². The third kappa shape index (κ3) is 1.24. The monoisotopic (exact) mass is 272 g/mol. The first kappa shape index (κ1) is 7.79. The largest absolute Gasteiger partial charge is 0.423 e. The van der Waals surface area contributed by atoms with Crippen LogP contribution in [0.15, 0.2) is 39.5 Å². The lowest BCUT2D eigenvalue weighted by Crippen LogP contribution is -1.94. The first-order chi connectivity index (χ1) is 5.77. The molecule has 3 heteroatoms. The molecule has 0 fully saturated rings. The van der Waals surface area contributed by atoms with Gasteiger partial charge in [-0.25, -0.2) is 4.79 Å². The zero-order valence-corrected chi connectivity index (χ0v) is 8.24. The molecule has 1 heterocycles. The maximum absolute atomic E-state index is 10.8. The van der Waals surface area contributed by atoms with Crippen molar-refractivity contribution in [1.82, 2.24) is 0 Å². The van der Waals surface area contributed by atoms with E-state index in [-0.39, 0.29) is 5.63 Å². The summed E-state index contributed by atoms with van der Waals surface area (Å²) in [6.45, 7) is 0. The van der Waals surface area contributed by atoms with Gasteiger partial charge in [-0.2, -0.15) is 0 Å². The van der Waals surface area contributed by atoms with Gasteiger partial charge in [-0.3, -0.25) is 0 Å². The predicted molar refractivity (Wildman–Crippen MR) is 55.2 cm³/mol. The number of fused-ring (bicyclic) bond motifs is 1. The van der Waals surface area contributed by atoms with Crippen LogP contribution in [0.2, 0.25) is 0 Å². The van der Waals surface area contributed by atoms with E-state index in [0.29, 0.717) is 5.58 Å². The molecule has 0 saturated carbocycles. The molecule has 2 rings (SSSR count). The molecule has 12 heavy (non-hydrogen) atoms. The Bertz CT molecular complexity index is 473. The summed E-state index contributed by atoms with van der Waals surface area (Å²) in [5.74, 6) is 0. The van der Waals surface area contributed by atoms with Crippen LogP contribution in [0.25, 0.3) is 11.0 Å². The van der Waals surface area contributed by atoms with Crippen LogP contribution in [-0.4, -0.2) is 0 Å². The summed E-state index contributed by atoms with van der Waals surface area (Å²) in [7, 11) is 0. The minimum Gasteiger partial charge on any atom is -0.423 e. The zero-order valence-electron chi connectivity index (χ0n) is 6.08. The summed E-state index contributed by atoms with van der Waals surface area (Å²) in [6, 6.07) is 8.85. The van der Waals surface area contributed by atoms with E-state index in [4.69, 9.17) is 4.42 Å². The summed E-state index contributed by atoms with van der Waals surface area (Å²) < 4.78 is 6.07. The molecule has 0 aliphatic heterocycles. The van der Waals surface area contributed by atoms with Crippen molar-refractivity contribution in [1.29, 1.82) is 0 Å². The van der Waals surface area contributed by atoms with Crippen molar-refractivity contribution in [3.63, 3.8) is 0 Å². The molecular formula is C9H5IO2. The van der Waals surface area contributed by atoms with Crippen molar-refractivity contribution >= 4 is 33.6 Å². The Labute approximate surface area is 82.3 Å². The minimum atomic E-state index is -0.301. The predicted octanol–water partition coefficient (Wildman–Crippen LogP) is 2.40. The van der Waals surface area contributed by atoms with Crippen molar-refractivity contribution in [3.8, 4) is 0 Å². The number of halogens is 1. The van der Waals surface area contributed by atoms with Crippen LogP contribution >= 0.6 is 22.6 Å². The third-order valence-electron chi connectivity index (χ3n) is 1.61. The first-order valence-electron chi connectivity index (χ1n) is 3.46. The molecule has 0 bridgehead atoms. The average Bonchev–Trinajstić information content (AvgIpc) is 2.04. The molecule has 2 aromatic rings. The molecule has 0 unspecified atom stereocenters. The fourth-order valence-electron chi connectivity index (χ4n) is 1.06. The van der Waals surface area contributed by atoms with Gasteiger partial charge in [-0.05, 0) is 40.8 Å². The van der Waals surface area contributed by atoms with Gasteiger partial charge >= 0.3 is 5.63 Å².